The summed E-state index contributed by atoms with van der Waals surface area (Å²) in [7, 11) is 0. The van der Waals surface area contributed by atoms with Crippen molar-refractivity contribution < 1.29 is 33.7 Å². The predicted octanol–water partition coefficient (Wildman–Crippen LogP) is 2.01. The van der Waals surface area contributed by atoms with Crippen molar-refractivity contribution in [2.75, 3.05) is 19.7 Å². The highest BCUT2D eigenvalue weighted by Gasteiger charge is 2.47. The lowest BCUT2D eigenvalue weighted by Crippen LogP contribution is -2.55. The Morgan fingerprint density at radius 1 is 1.27 bits per heavy atom. The summed E-state index contributed by atoms with van der Waals surface area (Å²) in [6, 6.07) is 4.95. The number of ether oxygens (including phenoxy) is 2. The summed E-state index contributed by atoms with van der Waals surface area (Å²) in [6.45, 7) is 1.99. The number of nitrogens with one attached hydrogen (secondary N) is 2. The predicted molar refractivity (Wildman–Crippen MR) is 105 cm³/mol. The first kappa shape index (κ1) is 21.4. The first-order valence-corrected chi connectivity index (χ1v) is 9.52. The molecule has 4 N–H and O–H groups in total. The van der Waals surface area contributed by atoms with E-state index in [9.17, 15) is 24.2 Å². The number of hydrogen-bond donors (Lipinski definition) is 4. The van der Waals surface area contributed by atoms with E-state index in [4.69, 9.17) is 9.47 Å². The van der Waals surface area contributed by atoms with E-state index >= 15 is 0 Å². The fourth-order valence-corrected chi connectivity index (χ4v) is 3.38. The number of allylic oxidation sites excluding steroid dienone is 2. The number of carboxylic acids is 2. The second-order valence-corrected chi connectivity index (χ2v) is 7.00. The molecule has 2 aliphatic heterocycles. The van der Waals surface area contributed by atoms with Crippen molar-refractivity contribution in [3.63, 3.8) is 0 Å². The zero-order valence-corrected chi connectivity index (χ0v) is 16.1. The van der Waals surface area contributed by atoms with E-state index in [0.29, 0.717) is 12.7 Å². The maximum Gasteiger partial charge on any atom is 0.338 e. The third-order valence-corrected chi connectivity index (χ3v) is 4.81. The Morgan fingerprint density at radius 2 is 2.03 bits per heavy atom. The summed E-state index contributed by atoms with van der Waals surface area (Å²) in [4.78, 5) is 23.4. The minimum Gasteiger partial charge on any atom is -0.491 e. The second-order valence-electron chi connectivity index (χ2n) is 7.00. The fraction of sp³-hybridized carbons (Fsp3) is 0.333. The summed E-state index contributed by atoms with van der Waals surface area (Å²) in [5.41, 5.74) is -2.53. The summed E-state index contributed by atoms with van der Waals surface area (Å²) < 4.78 is 25.2. The lowest BCUT2D eigenvalue weighted by Gasteiger charge is -2.38. The lowest BCUT2D eigenvalue weighted by molar-refractivity contribution is -0.137. The normalized spacial score (nSPS) is 23.8. The fourth-order valence-electron chi connectivity index (χ4n) is 3.38. The number of aliphatic carboxylic acids is 2. The smallest absolute Gasteiger partial charge is 0.338 e. The van der Waals surface area contributed by atoms with Crippen molar-refractivity contribution in [3.05, 3.63) is 65.8 Å². The maximum absolute atomic E-state index is 13.3. The van der Waals surface area contributed by atoms with Crippen LogP contribution in [0.2, 0.25) is 0 Å². The molecule has 0 aliphatic carbocycles. The molecule has 8 nitrogen and oxygen atoms in total. The lowest BCUT2D eigenvalue weighted by atomic mass is 9.96. The zero-order valence-electron chi connectivity index (χ0n) is 16.1. The van der Waals surface area contributed by atoms with Gasteiger partial charge < -0.3 is 30.3 Å². The molecule has 1 aromatic carbocycles. The molecular formula is C21H23FN2O6. The van der Waals surface area contributed by atoms with Crippen LogP contribution in [0.3, 0.4) is 0 Å². The molecule has 0 amide bonds. The Bertz CT molecular complexity index is 874. The van der Waals surface area contributed by atoms with E-state index in [0.717, 1.165) is 38.1 Å². The number of carbonyl (C=O) groups is 2. The highest BCUT2D eigenvalue weighted by molar-refractivity contribution is 5.97. The van der Waals surface area contributed by atoms with Crippen LogP contribution >= 0.6 is 0 Å². The van der Waals surface area contributed by atoms with Crippen LogP contribution in [-0.2, 0) is 14.3 Å². The Balaban J connectivity index is 1.98. The Labute approximate surface area is 172 Å². The standard InChI is InChI=1S/C21H23FN2O6/c22-15-5-7-16(8-6-15)30-21(17(20(27)28)11-19(25)26)18(4-2-10-24-21)29-13-14-3-1-9-23-12-14/h2,4-8,10-11,14,23-24H,1,3,9,12-13H2,(H,25,26)(H,27,28)/b17-11-/t14?,21-/m1/s1. The van der Waals surface area contributed by atoms with Crippen LogP contribution in [0.25, 0.3) is 0 Å². The van der Waals surface area contributed by atoms with Crippen LogP contribution in [0.4, 0.5) is 4.39 Å². The SMILES string of the molecule is O=C(O)/C=C(/C(=O)O)[C@]1(Oc2ccc(F)cc2)NC=CC=C1OCC1CCCNC1. The molecule has 0 radical (unpaired) electrons. The van der Waals surface area contributed by atoms with Crippen LogP contribution in [-0.4, -0.2) is 47.6 Å². The van der Waals surface area contributed by atoms with Crippen LogP contribution in [0.5, 0.6) is 5.75 Å². The molecule has 0 spiro atoms. The number of benzene rings is 1. The number of rotatable bonds is 8. The molecule has 0 saturated carbocycles. The minimum absolute atomic E-state index is 0.0924. The van der Waals surface area contributed by atoms with Crippen LogP contribution in [0.1, 0.15) is 12.8 Å². The van der Waals surface area contributed by atoms with Crippen LogP contribution in [0.15, 0.2) is 60.0 Å². The monoisotopic (exact) mass is 418 g/mol. The molecule has 3 rings (SSSR count). The Morgan fingerprint density at radius 3 is 2.67 bits per heavy atom. The third kappa shape index (κ3) is 4.98. The van der Waals surface area contributed by atoms with Crippen LogP contribution < -0.4 is 15.4 Å². The van der Waals surface area contributed by atoms with E-state index in [2.05, 4.69) is 10.6 Å². The molecule has 0 bridgehead atoms. The van der Waals surface area contributed by atoms with Gasteiger partial charge >= 0.3 is 11.9 Å². The van der Waals surface area contributed by atoms with Gasteiger partial charge in [0.25, 0.3) is 5.72 Å². The summed E-state index contributed by atoms with van der Waals surface area (Å²) in [5, 5.41) is 25.1. The number of dihydropyridines is 1. The molecule has 2 atom stereocenters. The van der Waals surface area contributed by atoms with Gasteiger partial charge in [-0.15, -0.1) is 0 Å². The van der Waals surface area contributed by atoms with E-state index in [-0.39, 0.29) is 17.4 Å². The van der Waals surface area contributed by atoms with Gasteiger partial charge in [-0.25, -0.2) is 14.0 Å². The van der Waals surface area contributed by atoms with Crippen molar-refractivity contribution in [2.45, 2.75) is 18.6 Å². The molecule has 9 heteroatoms. The molecule has 2 aliphatic rings. The van der Waals surface area contributed by atoms with Crippen LogP contribution in [0, 0.1) is 11.7 Å². The van der Waals surface area contributed by atoms with Crippen molar-refractivity contribution in [1.82, 2.24) is 10.6 Å². The molecule has 2 heterocycles. The highest BCUT2D eigenvalue weighted by Crippen LogP contribution is 2.33. The molecular weight excluding hydrogens is 395 g/mol. The summed E-state index contributed by atoms with van der Waals surface area (Å²) in [6.07, 6.45) is 7.05. The van der Waals surface area contributed by atoms with E-state index in [1.165, 1.54) is 24.4 Å². The number of carboxylic acid groups (broad SMARTS) is 2. The van der Waals surface area contributed by atoms with Crippen molar-refractivity contribution in [1.29, 1.82) is 0 Å². The molecule has 1 aromatic rings. The average molecular weight is 418 g/mol. The molecule has 1 unspecified atom stereocenters. The molecule has 30 heavy (non-hydrogen) atoms. The number of halogens is 1. The number of piperidine rings is 1. The largest absolute Gasteiger partial charge is 0.491 e. The summed E-state index contributed by atoms with van der Waals surface area (Å²) in [5.74, 6) is -3.02. The maximum atomic E-state index is 13.3. The second kappa shape index (κ2) is 9.45. The van der Waals surface area contributed by atoms with Gasteiger partial charge in [0.1, 0.15) is 17.1 Å². The minimum atomic E-state index is -1.95. The Kier molecular flexibility index (Phi) is 6.73. The van der Waals surface area contributed by atoms with Gasteiger partial charge in [0.05, 0.1) is 6.61 Å². The first-order valence-electron chi connectivity index (χ1n) is 9.52. The van der Waals surface area contributed by atoms with Gasteiger partial charge in [0.15, 0.2) is 5.76 Å². The molecule has 1 saturated heterocycles. The Hall–Kier alpha value is -3.33. The topological polar surface area (TPSA) is 117 Å². The van der Waals surface area contributed by atoms with Crippen molar-refractivity contribution in [2.24, 2.45) is 5.92 Å². The number of hydrogen-bond acceptors (Lipinski definition) is 6. The quantitative estimate of drug-likeness (QED) is 0.474. The summed E-state index contributed by atoms with van der Waals surface area (Å²) >= 11 is 0. The molecule has 160 valence electrons. The van der Waals surface area contributed by atoms with E-state index in [1.807, 2.05) is 0 Å². The van der Waals surface area contributed by atoms with Crippen molar-refractivity contribution >= 4 is 11.9 Å². The van der Waals surface area contributed by atoms with Gasteiger partial charge in [0.2, 0.25) is 0 Å². The van der Waals surface area contributed by atoms with Crippen molar-refractivity contribution in [3.8, 4) is 5.75 Å². The van der Waals surface area contributed by atoms with Gasteiger partial charge in [-0.05, 0) is 55.8 Å². The third-order valence-electron chi connectivity index (χ3n) is 4.81. The van der Waals surface area contributed by atoms with E-state index < -0.39 is 29.1 Å². The average Bonchev–Trinajstić information content (AvgIpc) is 2.73. The van der Waals surface area contributed by atoms with Gasteiger partial charge in [-0.2, -0.15) is 0 Å². The molecule has 1 fully saturated rings. The zero-order chi connectivity index (χ0) is 21.6. The van der Waals surface area contributed by atoms with Gasteiger partial charge in [-0.3, -0.25) is 0 Å². The van der Waals surface area contributed by atoms with Gasteiger partial charge in [-0.1, -0.05) is 0 Å². The molecule has 0 aromatic heterocycles. The van der Waals surface area contributed by atoms with E-state index in [1.54, 1.807) is 6.08 Å². The van der Waals surface area contributed by atoms with Gasteiger partial charge in [0, 0.05) is 24.7 Å². The first-order chi connectivity index (χ1) is 14.4. The highest BCUT2D eigenvalue weighted by atomic mass is 19.1.